The standard InChI is InChI=1S/C19H19N3O4S2/c1-26-15-6-4-13(5-7-15)20-19(23)16-11-17(18-3-2-9-27-18)22(21-16)14-8-10-28(24,25)12-14/h2-7,9,11,14H,8,10,12H2,1H3,(H,20,23). The van der Waals surface area contributed by atoms with E-state index >= 15 is 0 Å². The molecule has 28 heavy (non-hydrogen) atoms. The zero-order valence-corrected chi connectivity index (χ0v) is 16.8. The molecule has 3 aromatic rings. The normalized spacial score (nSPS) is 18.1. The van der Waals surface area contributed by atoms with Crippen LogP contribution in [0.1, 0.15) is 23.0 Å². The number of rotatable bonds is 5. The van der Waals surface area contributed by atoms with Gasteiger partial charge in [0.05, 0.1) is 35.2 Å². The predicted octanol–water partition coefficient (Wildman–Crippen LogP) is 3.23. The summed E-state index contributed by atoms with van der Waals surface area (Å²) < 4.78 is 30.6. The van der Waals surface area contributed by atoms with E-state index in [1.54, 1.807) is 42.1 Å². The summed E-state index contributed by atoms with van der Waals surface area (Å²) in [5.74, 6) is 0.550. The van der Waals surface area contributed by atoms with Crippen LogP contribution in [0.15, 0.2) is 47.8 Å². The third-order valence-corrected chi connectivity index (χ3v) is 7.29. The van der Waals surface area contributed by atoms with Crippen molar-refractivity contribution in [2.24, 2.45) is 0 Å². The first-order chi connectivity index (χ1) is 13.4. The van der Waals surface area contributed by atoms with E-state index < -0.39 is 9.84 Å². The van der Waals surface area contributed by atoms with Crippen LogP contribution in [-0.4, -0.2) is 42.7 Å². The number of carbonyl (C=O) groups is 1. The number of methoxy groups -OCH3 is 1. The Morgan fingerprint density at radius 3 is 2.68 bits per heavy atom. The van der Waals surface area contributed by atoms with Gasteiger partial charge in [-0.2, -0.15) is 5.10 Å². The van der Waals surface area contributed by atoms with Crippen LogP contribution in [0.3, 0.4) is 0 Å². The molecule has 0 bridgehead atoms. The molecule has 1 unspecified atom stereocenters. The summed E-state index contributed by atoms with van der Waals surface area (Å²) in [6.07, 6.45) is 0.502. The van der Waals surface area contributed by atoms with Gasteiger partial charge in [0.2, 0.25) is 0 Å². The summed E-state index contributed by atoms with van der Waals surface area (Å²) in [4.78, 5) is 13.7. The molecule has 3 heterocycles. The molecular weight excluding hydrogens is 398 g/mol. The van der Waals surface area contributed by atoms with Crippen molar-refractivity contribution in [3.8, 4) is 16.3 Å². The lowest BCUT2D eigenvalue weighted by molar-refractivity contribution is 0.102. The first-order valence-corrected chi connectivity index (χ1v) is 11.4. The molecule has 0 aliphatic carbocycles. The fraction of sp³-hybridized carbons (Fsp3) is 0.263. The molecule has 2 aromatic heterocycles. The third kappa shape index (κ3) is 3.81. The Hall–Kier alpha value is -2.65. The highest BCUT2D eigenvalue weighted by Gasteiger charge is 2.32. The summed E-state index contributed by atoms with van der Waals surface area (Å²) in [6.45, 7) is 0. The van der Waals surface area contributed by atoms with E-state index in [0.29, 0.717) is 17.9 Å². The Kier molecular flexibility index (Phi) is 4.94. The minimum Gasteiger partial charge on any atom is -0.497 e. The topological polar surface area (TPSA) is 90.3 Å². The van der Waals surface area contributed by atoms with Gasteiger partial charge in [-0.15, -0.1) is 11.3 Å². The summed E-state index contributed by atoms with van der Waals surface area (Å²) in [6, 6.07) is 12.3. The van der Waals surface area contributed by atoms with Crippen molar-refractivity contribution in [1.82, 2.24) is 9.78 Å². The lowest BCUT2D eigenvalue weighted by Gasteiger charge is -2.12. The monoisotopic (exact) mass is 417 g/mol. The molecule has 7 nitrogen and oxygen atoms in total. The Bertz CT molecular complexity index is 1090. The number of nitrogens with zero attached hydrogens (tertiary/aromatic N) is 2. The van der Waals surface area contributed by atoms with Crippen LogP contribution in [0.5, 0.6) is 5.75 Å². The highest BCUT2D eigenvalue weighted by Crippen LogP contribution is 2.32. The van der Waals surface area contributed by atoms with Gasteiger partial charge in [-0.25, -0.2) is 8.42 Å². The molecule has 1 aliphatic rings. The van der Waals surface area contributed by atoms with E-state index in [1.807, 2.05) is 17.5 Å². The average molecular weight is 418 g/mol. The van der Waals surface area contributed by atoms with Crippen LogP contribution in [0.4, 0.5) is 5.69 Å². The number of amides is 1. The van der Waals surface area contributed by atoms with E-state index in [-0.39, 0.29) is 29.1 Å². The van der Waals surface area contributed by atoms with Crippen LogP contribution < -0.4 is 10.1 Å². The highest BCUT2D eigenvalue weighted by atomic mass is 32.2. The Labute approximate surface area is 166 Å². The van der Waals surface area contributed by atoms with Crippen molar-refractivity contribution in [1.29, 1.82) is 0 Å². The first kappa shape index (κ1) is 18.7. The second-order valence-electron chi connectivity index (χ2n) is 6.58. The minimum atomic E-state index is -3.07. The molecule has 1 aromatic carbocycles. The van der Waals surface area contributed by atoms with Crippen LogP contribution in [-0.2, 0) is 9.84 Å². The lowest BCUT2D eigenvalue weighted by Crippen LogP contribution is -2.16. The van der Waals surface area contributed by atoms with E-state index in [4.69, 9.17) is 4.74 Å². The number of benzene rings is 1. The minimum absolute atomic E-state index is 0.0482. The van der Waals surface area contributed by atoms with E-state index in [2.05, 4.69) is 10.4 Å². The number of thiophene rings is 1. The van der Waals surface area contributed by atoms with E-state index in [0.717, 1.165) is 10.6 Å². The quantitative estimate of drug-likeness (QED) is 0.688. The second-order valence-corrected chi connectivity index (χ2v) is 9.75. The summed E-state index contributed by atoms with van der Waals surface area (Å²) >= 11 is 1.53. The Morgan fingerprint density at radius 2 is 2.07 bits per heavy atom. The zero-order chi connectivity index (χ0) is 19.7. The zero-order valence-electron chi connectivity index (χ0n) is 15.2. The number of carbonyl (C=O) groups excluding carboxylic acids is 1. The largest absolute Gasteiger partial charge is 0.497 e. The van der Waals surface area contributed by atoms with Gasteiger partial charge in [0.15, 0.2) is 15.5 Å². The van der Waals surface area contributed by atoms with Crippen molar-refractivity contribution in [3.05, 3.63) is 53.5 Å². The molecule has 4 rings (SSSR count). The van der Waals surface area contributed by atoms with Gasteiger partial charge < -0.3 is 10.1 Å². The number of aromatic nitrogens is 2. The van der Waals surface area contributed by atoms with Crippen molar-refractivity contribution in [2.75, 3.05) is 23.9 Å². The first-order valence-electron chi connectivity index (χ1n) is 8.74. The number of anilines is 1. The van der Waals surface area contributed by atoms with Gasteiger partial charge in [0, 0.05) is 5.69 Å². The Balaban J connectivity index is 1.63. The fourth-order valence-electron chi connectivity index (χ4n) is 3.23. The number of sulfone groups is 1. The van der Waals surface area contributed by atoms with Crippen molar-refractivity contribution in [3.63, 3.8) is 0 Å². The van der Waals surface area contributed by atoms with Crippen molar-refractivity contribution in [2.45, 2.75) is 12.5 Å². The van der Waals surface area contributed by atoms with Gasteiger partial charge in [-0.05, 0) is 48.2 Å². The molecule has 0 saturated carbocycles. The highest BCUT2D eigenvalue weighted by molar-refractivity contribution is 7.91. The molecule has 1 amide bonds. The molecule has 1 fully saturated rings. The van der Waals surface area contributed by atoms with Crippen LogP contribution in [0.25, 0.3) is 10.6 Å². The molecule has 0 spiro atoms. The van der Waals surface area contributed by atoms with Gasteiger partial charge in [0.25, 0.3) is 5.91 Å². The van der Waals surface area contributed by atoms with Gasteiger partial charge in [-0.1, -0.05) is 6.07 Å². The van der Waals surface area contributed by atoms with E-state index in [9.17, 15) is 13.2 Å². The molecule has 1 atom stereocenters. The fourth-order valence-corrected chi connectivity index (χ4v) is 5.66. The molecule has 9 heteroatoms. The maximum Gasteiger partial charge on any atom is 0.276 e. The number of hydrogen-bond donors (Lipinski definition) is 1. The van der Waals surface area contributed by atoms with Gasteiger partial charge >= 0.3 is 0 Å². The maximum atomic E-state index is 12.7. The molecule has 146 valence electrons. The number of hydrogen-bond acceptors (Lipinski definition) is 6. The van der Waals surface area contributed by atoms with Crippen LogP contribution in [0.2, 0.25) is 0 Å². The predicted molar refractivity (Wildman–Crippen MR) is 109 cm³/mol. The molecule has 0 radical (unpaired) electrons. The second kappa shape index (κ2) is 7.40. The van der Waals surface area contributed by atoms with Crippen molar-refractivity contribution >= 4 is 32.8 Å². The summed E-state index contributed by atoms with van der Waals surface area (Å²) in [7, 11) is -1.49. The molecule has 1 aliphatic heterocycles. The van der Waals surface area contributed by atoms with Crippen molar-refractivity contribution < 1.29 is 17.9 Å². The summed E-state index contributed by atoms with van der Waals surface area (Å²) in [5.41, 5.74) is 1.64. The maximum absolute atomic E-state index is 12.7. The smallest absolute Gasteiger partial charge is 0.276 e. The van der Waals surface area contributed by atoms with Crippen LogP contribution >= 0.6 is 11.3 Å². The third-order valence-electron chi connectivity index (χ3n) is 4.64. The molecule has 1 saturated heterocycles. The number of nitrogens with one attached hydrogen (secondary N) is 1. The van der Waals surface area contributed by atoms with Gasteiger partial charge in [-0.3, -0.25) is 9.48 Å². The SMILES string of the molecule is COc1ccc(NC(=O)c2cc(-c3cccs3)n(C3CCS(=O)(=O)C3)n2)cc1. The van der Waals surface area contributed by atoms with Gasteiger partial charge in [0.1, 0.15) is 5.75 Å². The summed E-state index contributed by atoms with van der Waals surface area (Å²) in [5, 5.41) is 9.22. The number of ether oxygens (including phenoxy) is 1. The van der Waals surface area contributed by atoms with Crippen LogP contribution in [0, 0.1) is 0 Å². The lowest BCUT2D eigenvalue weighted by atomic mass is 10.2. The Morgan fingerprint density at radius 1 is 1.29 bits per heavy atom. The molecule has 1 N–H and O–H groups in total. The van der Waals surface area contributed by atoms with E-state index in [1.165, 1.54) is 11.3 Å². The molecular formula is C19H19N3O4S2. The average Bonchev–Trinajstić information content (AvgIpc) is 3.40.